The maximum absolute atomic E-state index is 5.93. The summed E-state index contributed by atoms with van der Waals surface area (Å²) in [6.07, 6.45) is 2.92. The molecule has 2 N–H and O–H groups in total. The minimum atomic E-state index is -0.138. The van der Waals surface area contributed by atoms with Crippen molar-refractivity contribution in [1.29, 1.82) is 0 Å². The van der Waals surface area contributed by atoms with Crippen LogP contribution in [-0.4, -0.2) is 22.2 Å². The molecule has 15 heavy (non-hydrogen) atoms. The van der Waals surface area contributed by atoms with E-state index in [0.29, 0.717) is 11.8 Å². The van der Waals surface area contributed by atoms with Gasteiger partial charge in [-0.3, -0.25) is 0 Å². The number of nitrogens with zero attached hydrogens (tertiary/aromatic N) is 2. The number of hydrogen-bond acceptors (Lipinski definition) is 5. The van der Waals surface area contributed by atoms with Crippen molar-refractivity contribution in [3.05, 3.63) is 11.8 Å². The quantitative estimate of drug-likeness (QED) is 0.856. The zero-order chi connectivity index (χ0) is 11.5. The van der Waals surface area contributed by atoms with Crippen molar-refractivity contribution in [3.8, 4) is 0 Å². The molecule has 1 aromatic rings. The number of thioether (sulfide) groups is 1. The van der Waals surface area contributed by atoms with Gasteiger partial charge in [-0.1, -0.05) is 20.8 Å². The summed E-state index contributed by atoms with van der Waals surface area (Å²) < 4.78 is 5.55. The van der Waals surface area contributed by atoms with Crippen LogP contribution in [0.15, 0.2) is 4.42 Å². The van der Waals surface area contributed by atoms with Crippen molar-refractivity contribution in [1.82, 2.24) is 10.2 Å². The highest BCUT2D eigenvalue weighted by atomic mass is 32.2. The third-order valence-corrected chi connectivity index (χ3v) is 2.68. The maximum Gasteiger partial charge on any atom is 0.233 e. The summed E-state index contributed by atoms with van der Waals surface area (Å²) in [5, 5.41) is 8.00. The molecule has 0 unspecified atom stereocenters. The Kier molecular flexibility index (Phi) is 4.16. The Labute approximate surface area is 95.0 Å². The second kappa shape index (κ2) is 4.99. The summed E-state index contributed by atoms with van der Waals surface area (Å²) in [4.78, 5) is 0. The van der Waals surface area contributed by atoms with E-state index >= 15 is 0 Å². The summed E-state index contributed by atoms with van der Waals surface area (Å²) in [7, 11) is 0. The number of nitrogens with two attached hydrogens (primary N) is 1. The van der Waals surface area contributed by atoms with Crippen LogP contribution in [0.1, 0.15) is 45.0 Å². The fraction of sp³-hybridized carbons (Fsp3) is 0.800. The van der Waals surface area contributed by atoms with E-state index in [2.05, 4.69) is 16.5 Å². The lowest BCUT2D eigenvalue weighted by Crippen LogP contribution is -2.12. The molecule has 0 saturated carbocycles. The number of aromatic nitrogens is 2. The van der Waals surface area contributed by atoms with Crippen molar-refractivity contribution in [2.75, 3.05) is 12.0 Å². The molecule has 0 amide bonds. The lowest BCUT2D eigenvalue weighted by molar-refractivity contribution is 0.355. The fourth-order valence-corrected chi connectivity index (χ4v) is 1.55. The minimum absolute atomic E-state index is 0.107. The van der Waals surface area contributed by atoms with Gasteiger partial charge in [-0.2, -0.15) is 11.8 Å². The molecule has 1 aromatic heterocycles. The van der Waals surface area contributed by atoms with Crippen LogP contribution in [0.25, 0.3) is 0 Å². The van der Waals surface area contributed by atoms with Crippen LogP contribution in [0, 0.1) is 0 Å². The van der Waals surface area contributed by atoms with Gasteiger partial charge in [0.15, 0.2) is 0 Å². The van der Waals surface area contributed by atoms with E-state index in [-0.39, 0.29) is 11.5 Å². The summed E-state index contributed by atoms with van der Waals surface area (Å²) in [5.41, 5.74) is 5.82. The summed E-state index contributed by atoms with van der Waals surface area (Å²) >= 11 is 1.77. The molecule has 0 radical (unpaired) electrons. The third kappa shape index (κ3) is 3.50. The van der Waals surface area contributed by atoms with E-state index in [1.165, 1.54) is 0 Å². The van der Waals surface area contributed by atoms with Gasteiger partial charge in [-0.05, 0) is 18.4 Å². The first-order valence-electron chi connectivity index (χ1n) is 5.03. The van der Waals surface area contributed by atoms with Crippen LogP contribution in [0.5, 0.6) is 0 Å². The first kappa shape index (κ1) is 12.5. The first-order valence-corrected chi connectivity index (χ1v) is 6.43. The largest absolute Gasteiger partial charge is 0.423 e. The van der Waals surface area contributed by atoms with Crippen LogP contribution in [0.4, 0.5) is 0 Å². The fourth-order valence-electron chi connectivity index (χ4n) is 1.06. The Bertz CT molecular complexity index is 306. The monoisotopic (exact) mass is 229 g/mol. The van der Waals surface area contributed by atoms with Gasteiger partial charge >= 0.3 is 0 Å². The molecule has 0 bridgehead atoms. The van der Waals surface area contributed by atoms with Crippen molar-refractivity contribution < 1.29 is 4.42 Å². The molecule has 0 aromatic carbocycles. The van der Waals surface area contributed by atoms with Gasteiger partial charge in [0.05, 0.1) is 6.04 Å². The van der Waals surface area contributed by atoms with Gasteiger partial charge in [-0.15, -0.1) is 10.2 Å². The molecular weight excluding hydrogens is 210 g/mol. The molecule has 0 aliphatic rings. The van der Waals surface area contributed by atoms with Crippen LogP contribution >= 0.6 is 11.8 Å². The lowest BCUT2D eigenvalue weighted by atomic mass is 9.97. The molecule has 0 fully saturated rings. The maximum atomic E-state index is 5.93. The third-order valence-electron chi connectivity index (χ3n) is 2.03. The Morgan fingerprint density at radius 2 is 2.07 bits per heavy atom. The normalized spacial score (nSPS) is 14.2. The second-order valence-corrected chi connectivity index (χ2v) is 5.57. The highest BCUT2D eigenvalue weighted by Gasteiger charge is 2.23. The predicted octanol–water partition coefficient (Wildman–Crippen LogP) is 2.12. The van der Waals surface area contributed by atoms with Crippen LogP contribution in [0.3, 0.4) is 0 Å². The minimum Gasteiger partial charge on any atom is -0.423 e. The zero-order valence-electron chi connectivity index (χ0n) is 9.78. The van der Waals surface area contributed by atoms with Crippen molar-refractivity contribution in [2.24, 2.45) is 5.73 Å². The van der Waals surface area contributed by atoms with Crippen molar-refractivity contribution >= 4 is 11.8 Å². The van der Waals surface area contributed by atoms with E-state index in [0.717, 1.165) is 12.2 Å². The molecule has 0 aliphatic carbocycles. The van der Waals surface area contributed by atoms with Gasteiger partial charge in [0.2, 0.25) is 11.8 Å². The molecule has 86 valence electrons. The Hall–Kier alpha value is -0.550. The average molecular weight is 229 g/mol. The molecule has 0 spiro atoms. The van der Waals surface area contributed by atoms with E-state index in [1.807, 2.05) is 20.8 Å². The number of hydrogen-bond donors (Lipinski definition) is 1. The van der Waals surface area contributed by atoms with E-state index in [1.54, 1.807) is 11.8 Å². The summed E-state index contributed by atoms with van der Waals surface area (Å²) in [5.74, 6) is 2.21. The highest BCUT2D eigenvalue weighted by molar-refractivity contribution is 7.98. The average Bonchev–Trinajstić information content (AvgIpc) is 2.62. The zero-order valence-corrected chi connectivity index (χ0v) is 10.6. The first-order chi connectivity index (χ1) is 6.95. The van der Waals surface area contributed by atoms with Gasteiger partial charge in [0.25, 0.3) is 0 Å². The summed E-state index contributed by atoms with van der Waals surface area (Å²) in [6, 6.07) is -0.138. The molecule has 1 rings (SSSR count). The number of rotatable bonds is 4. The smallest absolute Gasteiger partial charge is 0.233 e. The Morgan fingerprint density at radius 1 is 1.40 bits per heavy atom. The van der Waals surface area contributed by atoms with Crippen molar-refractivity contribution in [3.63, 3.8) is 0 Å². The van der Waals surface area contributed by atoms with Crippen LogP contribution in [-0.2, 0) is 5.41 Å². The van der Waals surface area contributed by atoms with Crippen LogP contribution < -0.4 is 5.73 Å². The molecule has 5 heteroatoms. The topological polar surface area (TPSA) is 64.9 Å². The van der Waals surface area contributed by atoms with Gasteiger partial charge in [-0.25, -0.2) is 0 Å². The van der Waals surface area contributed by atoms with Gasteiger partial charge in [0, 0.05) is 5.41 Å². The molecule has 0 aliphatic heterocycles. The molecular formula is C10H19N3OS. The Balaban J connectivity index is 2.67. The van der Waals surface area contributed by atoms with E-state index in [4.69, 9.17) is 10.2 Å². The highest BCUT2D eigenvalue weighted by Crippen LogP contribution is 2.23. The van der Waals surface area contributed by atoms with Crippen molar-refractivity contribution in [2.45, 2.75) is 38.6 Å². The van der Waals surface area contributed by atoms with E-state index in [9.17, 15) is 0 Å². The molecule has 0 saturated heterocycles. The standard InChI is InChI=1S/C10H19N3OS/c1-10(2,3)9-13-12-8(14-9)7(11)5-6-15-4/h7H,5-6,11H2,1-4H3/t7-/m0/s1. The molecule has 4 nitrogen and oxygen atoms in total. The van der Waals surface area contributed by atoms with Gasteiger partial charge < -0.3 is 10.2 Å². The predicted molar refractivity (Wildman–Crippen MR) is 62.9 cm³/mol. The second-order valence-electron chi connectivity index (χ2n) is 4.58. The van der Waals surface area contributed by atoms with E-state index < -0.39 is 0 Å². The lowest BCUT2D eigenvalue weighted by Gasteiger charge is -2.11. The summed E-state index contributed by atoms with van der Waals surface area (Å²) in [6.45, 7) is 6.12. The molecule has 1 atom stereocenters. The van der Waals surface area contributed by atoms with Gasteiger partial charge in [0.1, 0.15) is 0 Å². The van der Waals surface area contributed by atoms with Crippen LogP contribution in [0.2, 0.25) is 0 Å². The Morgan fingerprint density at radius 3 is 2.53 bits per heavy atom. The SMILES string of the molecule is CSCC[C@H](N)c1nnc(C(C)(C)C)o1. The molecule has 1 heterocycles.